The van der Waals surface area contributed by atoms with E-state index in [2.05, 4.69) is 14.6 Å². The Morgan fingerprint density at radius 1 is 1.26 bits per heavy atom. The molecule has 182 valence electrons. The average molecular weight is 514 g/mol. The largest absolute Gasteiger partial charge is 0.466 e. The molecule has 0 aliphatic carbocycles. The Balaban J connectivity index is 1.50. The van der Waals surface area contributed by atoms with E-state index >= 15 is 0 Å². The number of carbonyl (C=O) groups excluding carboxylic acids is 1. The van der Waals surface area contributed by atoms with Crippen molar-refractivity contribution in [2.45, 2.75) is 24.5 Å². The maximum absolute atomic E-state index is 14.3. The highest BCUT2D eigenvalue weighted by molar-refractivity contribution is 7.95. The van der Waals surface area contributed by atoms with Crippen molar-refractivity contribution in [2.75, 3.05) is 29.3 Å². The van der Waals surface area contributed by atoms with E-state index in [0.29, 0.717) is 58.4 Å². The number of rotatable bonds is 6. The zero-order chi connectivity index (χ0) is 24.7. The predicted octanol–water partition coefficient (Wildman–Crippen LogP) is 5.09. The predicted molar refractivity (Wildman–Crippen MR) is 136 cm³/mol. The number of fused-ring (bicyclic) bond motifs is 2. The molecule has 1 atom stereocenters. The molecule has 0 spiro atoms. The quantitative estimate of drug-likeness (QED) is 0.362. The van der Waals surface area contributed by atoms with Gasteiger partial charge in [0, 0.05) is 34.8 Å². The van der Waals surface area contributed by atoms with E-state index in [1.165, 1.54) is 6.07 Å². The van der Waals surface area contributed by atoms with Gasteiger partial charge in [0.25, 0.3) is 10.0 Å². The SMILES string of the molecule is CCOC(=O)[C@@H]1CCN(c2ccc(NS(=O)(=O)c3sc4cccc(F)c4c3C)c3cccnc23)C1. The number of nitrogens with zero attached hydrogens (tertiary/aromatic N) is 2. The second kappa shape index (κ2) is 9.09. The van der Waals surface area contributed by atoms with E-state index < -0.39 is 15.8 Å². The van der Waals surface area contributed by atoms with Crippen molar-refractivity contribution >= 4 is 59.7 Å². The van der Waals surface area contributed by atoms with Crippen molar-refractivity contribution in [3.8, 4) is 0 Å². The number of ether oxygens (including phenoxy) is 1. The third kappa shape index (κ3) is 4.21. The van der Waals surface area contributed by atoms with Gasteiger partial charge < -0.3 is 9.64 Å². The molecular formula is C25H24FN3O4S2. The minimum absolute atomic E-state index is 0.0792. The summed E-state index contributed by atoms with van der Waals surface area (Å²) in [4.78, 5) is 18.8. The van der Waals surface area contributed by atoms with Gasteiger partial charge in [-0.25, -0.2) is 12.8 Å². The van der Waals surface area contributed by atoms with Gasteiger partial charge in [0.2, 0.25) is 0 Å². The number of benzene rings is 2. The molecule has 1 aliphatic heterocycles. The summed E-state index contributed by atoms with van der Waals surface area (Å²) in [5, 5.41) is 0.961. The fourth-order valence-electron chi connectivity index (χ4n) is 4.61. The summed E-state index contributed by atoms with van der Waals surface area (Å²) in [6, 6.07) is 11.7. The Labute approximate surface area is 206 Å². The number of hydrogen-bond acceptors (Lipinski definition) is 7. The maximum atomic E-state index is 14.3. The Morgan fingerprint density at radius 2 is 2.09 bits per heavy atom. The number of carbonyl (C=O) groups is 1. The first-order valence-corrected chi connectivity index (χ1v) is 13.6. The Bertz CT molecular complexity index is 1550. The van der Waals surface area contributed by atoms with Crippen LogP contribution in [-0.2, 0) is 19.6 Å². The van der Waals surface area contributed by atoms with Crippen molar-refractivity contribution in [1.29, 1.82) is 0 Å². The molecular weight excluding hydrogens is 489 g/mol. The molecule has 1 aliphatic rings. The summed E-state index contributed by atoms with van der Waals surface area (Å²) < 4.78 is 49.6. The number of sulfonamides is 1. The van der Waals surface area contributed by atoms with E-state index in [1.807, 2.05) is 6.07 Å². The van der Waals surface area contributed by atoms with Crippen molar-refractivity contribution in [2.24, 2.45) is 5.92 Å². The number of esters is 1. The van der Waals surface area contributed by atoms with Gasteiger partial charge in [0.15, 0.2) is 0 Å². The van der Waals surface area contributed by atoms with Crippen molar-refractivity contribution in [3.05, 3.63) is 60.0 Å². The van der Waals surface area contributed by atoms with Gasteiger partial charge in [-0.3, -0.25) is 14.5 Å². The molecule has 0 amide bonds. The molecule has 10 heteroatoms. The molecule has 0 bridgehead atoms. The van der Waals surface area contributed by atoms with Crippen molar-refractivity contribution in [3.63, 3.8) is 0 Å². The third-order valence-corrected chi connectivity index (χ3v) is 9.49. The van der Waals surface area contributed by atoms with Crippen LogP contribution in [0.1, 0.15) is 18.9 Å². The van der Waals surface area contributed by atoms with Crippen LogP contribution in [0.4, 0.5) is 15.8 Å². The first kappa shape index (κ1) is 23.5. The molecule has 5 rings (SSSR count). The van der Waals surface area contributed by atoms with E-state index in [-0.39, 0.29) is 16.1 Å². The minimum Gasteiger partial charge on any atom is -0.466 e. The van der Waals surface area contributed by atoms with Crippen molar-refractivity contribution in [1.82, 2.24) is 4.98 Å². The molecule has 7 nitrogen and oxygen atoms in total. The minimum atomic E-state index is -3.97. The standard InChI is InChI=1S/C25H24FN3O4S2/c1-3-33-24(30)16-11-13-29(14-16)20-10-9-19(17-6-5-12-27-23(17)20)28-35(31,32)25-15(2)22-18(26)7-4-8-21(22)34-25/h4-10,12,16,28H,3,11,13-14H2,1-2H3/t16-/m1/s1. The summed E-state index contributed by atoms with van der Waals surface area (Å²) in [6.07, 6.45) is 2.34. The van der Waals surface area contributed by atoms with Crippen LogP contribution in [0.25, 0.3) is 21.0 Å². The fraction of sp³-hybridized carbons (Fsp3) is 0.280. The Morgan fingerprint density at radius 3 is 2.86 bits per heavy atom. The lowest BCUT2D eigenvalue weighted by Crippen LogP contribution is -2.24. The van der Waals surface area contributed by atoms with E-state index in [9.17, 15) is 17.6 Å². The van der Waals surface area contributed by atoms with Crippen LogP contribution in [0.15, 0.2) is 52.9 Å². The molecule has 1 N–H and O–H groups in total. The van der Waals surface area contributed by atoms with Gasteiger partial charge >= 0.3 is 5.97 Å². The lowest BCUT2D eigenvalue weighted by Gasteiger charge is -2.21. The monoisotopic (exact) mass is 513 g/mol. The van der Waals surface area contributed by atoms with Crippen LogP contribution in [-0.4, -0.2) is 39.1 Å². The summed E-state index contributed by atoms with van der Waals surface area (Å²) in [5.41, 5.74) is 2.24. The first-order valence-electron chi connectivity index (χ1n) is 11.3. The molecule has 4 aromatic rings. The lowest BCUT2D eigenvalue weighted by atomic mass is 10.1. The topological polar surface area (TPSA) is 88.6 Å². The zero-order valence-corrected chi connectivity index (χ0v) is 20.9. The summed E-state index contributed by atoms with van der Waals surface area (Å²) in [6.45, 7) is 4.95. The normalized spacial score (nSPS) is 16.2. The van der Waals surface area contributed by atoms with Crippen LogP contribution >= 0.6 is 11.3 Å². The van der Waals surface area contributed by atoms with Gasteiger partial charge in [-0.1, -0.05) is 6.07 Å². The fourth-order valence-corrected chi connectivity index (χ4v) is 7.47. The number of halogens is 1. The highest BCUT2D eigenvalue weighted by atomic mass is 32.2. The first-order chi connectivity index (χ1) is 16.8. The summed E-state index contributed by atoms with van der Waals surface area (Å²) in [5.74, 6) is -0.849. The average Bonchev–Trinajstić information content (AvgIpc) is 3.46. The molecule has 0 saturated carbocycles. The Kier molecular flexibility index (Phi) is 6.10. The van der Waals surface area contributed by atoms with Gasteiger partial charge in [0.05, 0.1) is 29.4 Å². The number of anilines is 2. The van der Waals surface area contributed by atoms with Gasteiger partial charge in [-0.2, -0.15) is 0 Å². The van der Waals surface area contributed by atoms with Crippen LogP contribution in [0, 0.1) is 18.7 Å². The van der Waals surface area contributed by atoms with Crippen LogP contribution < -0.4 is 9.62 Å². The molecule has 3 heterocycles. The number of aryl methyl sites for hydroxylation is 1. The van der Waals surface area contributed by atoms with Gasteiger partial charge in [-0.05, 0) is 62.2 Å². The van der Waals surface area contributed by atoms with E-state index in [0.717, 1.165) is 17.0 Å². The van der Waals surface area contributed by atoms with Crippen LogP contribution in [0.3, 0.4) is 0 Å². The number of nitrogens with one attached hydrogen (secondary N) is 1. The number of aromatic nitrogens is 1. The smallest absolute Gasteiger partial charge is 0.310 e. The van der Waals surface area contributed by atoms with Gasteiger partial charge in [0.1, 0.15) is 10.0 Å². The summed E-state index contributed by atoms with van der Waals surface area (Å²) in [7, 11) is -3.97. The second-order valence-electron chi connectivity index (χ2n) is 8.45. The lowest BCUT2D eigenvalue weighted by molar-refractivity contribution is -0.147. The highest BCUT2D eigenvalue weighted by Gasteiger charge is 2.31. The van der Waals surface area contributed by atoms with E-state index in [4.69, 9.17) is 4.74 Å². The molecule has 0 unspecified atom stereocenters. The number of pyridine rings is 1. The maximum Gasteiger partial charge on any atom is 0.310 e. The molecule has 0 radical (unpaired) electrons. The molecule has 2 aromatic heterocycles. The third-order valence-electron chi connectivity index (χ3n) is 6.24. The van der Waals surface area contributed by atoms with E-state index in [1.54, 1.807) is 50.4 Å². The van der Waals surface area contributed by atoms with Gasteiger partial charge in [-0.15, -0.1) is 11.3 Å². The molecule has 35 heavy (non-hydrogen) atoms. The highest BCUT2D eigenvalue weighted by Crippen LogP contribution is 2.38. The number of hydrogen-bond donors (Lipinski definition) is 1. The van der Waals surface area contributed by atoms with Crippen LogP contribution in [0.2, 0.25) is 0 Å². The van der Waals surface area contributed by atoms with Crippen LogP contribution in [0.5, 0.6) is 0 Å². The summed E-state index contributed by atoms with van der Waals surface area (Å²) >= 11 is 1.04. The molecule has 2 aromatic carbocycles. The zero-order valence-electron chi connectivity index (χ0n) is 19.2. The molecule has 1 fully saturated rings. The Hall–Kier alpha value is -3.24. The van der Waals surface area contributed by atoms with Crippen molar-refractivity contribution < 1.29 is 22.3 Å². The molecule has 1 saturated heterocycles. The second-order valence-corrected chi connectivity index (χ2v) is 11.4. The number of thiophene rings is 1.